The van der Waals surface area contributed by atoms with Crippen LogP contribution in [0.4, 0.5) is 0 Å². The van der Waals surface area contributed by atoms with Gasteiger partial charge in [0.1, 0.15) is 11.4 Å². The molecule has 1 unspecified atom stereocenters. The van der Waals surface area contributed by atoms with Crippen LogP contribution < -0.4 is 4.74 Å². The molecule has 0 radical (unpaired) electrons. The van der Waals surface area contributed by atoms with Gasteiger partial charge < -0.3 is 19.5 Å². The lowest BCUT2D eigenvalue weighted by Gasteiger charge is -2.26. The smallest absolute Gasteiger partial charge is 0.354 e. The Balaban J connectivity index is 1.81. The van der Waals surface area contributed by atoms with E-state index >= 15 is 0 Å². The van der Waals surface area contributed by atoms with Crippen LogP contribution in [0.2, 0.25) is 0 Å². The summed E-state index contributed by atoms with van der Waals surface area (Å²) in [6, 6.07) is 10.4. The monoisotopic (exact) mass is 370 g/mol. The SMILES string of the molecule is COc1cccc(CN(CC2CCCO2)C(=O)c2ccc(C(=O)O)nc2)c1. The van der Waals surface area contributed by atoms with Crippen molar-refractivity contribution in [1.82, 2.24) is 9.88 Å². The molecule has 7 nitrogen and oxygen atoms in total. The molecule has 7 heteroatoms. The number of hydrogen-bond donors (Lipinski definition) is 1. The van der Waals surface area contributed by atoms with Crippen LogP contribution in [0.15, 0.2) is 42.6 Å². The number of amides is 1. The predicted molar refractivity (Wildman–Crippen MR) is 97.9 cm³/mol. The average Bonchev–Trinajstić information content (AvgIpc) is 3.20. The lowest BCUT2D eigenvalue weighted by molar-refractivity contribution is 0.0506. The Kier molecular flexibility index (Phi) is 6.03. The summed E-state index contributed by atoms with van der Waals surface area (Å²) in [7, 11) is 1.60. The average molecular weight is 370 g/mol. The molecule has 1 aromatic heterocycles. The first-order valence-corrected chi connectivity index (χ1v) is 8.80. The van der Waals surface area contributed by atoms with E-state index in [-0.39, 0.29) is 17.7 Å². The zero-order chi connectivity index (χ0) is 19.2. The standard InChI is InChI=1S/C20H22N2O5/c1-26-16-5-2-4-14(10-16)12-22(13-17-6-3-9-27-17)19(23)15-7-8-18(20(24)25)21-11-15/h2,4-5,7-8,10-11,17H,3,6,9,12-13H2,1H3,(H,24,25). The van der Waals surface area contributed by atoms with Gasteiger partial charge in [0, 0.05) is 25.9 Å². The zero-order valence-electron chi connectivity index (χ0n) is 15.1. The van der Waals surface area contributed by atoms with E-state index in [1.165, 1.54) is 18.3 Å². The van der Waals surface area contributed by atoms with Gasteiger partial charge in [-0.3, -0.25) is 4.79 Å². The number of benzene rings is 1. The van der Waals surface area contributed by atoms with Crippen LogP contribution >= 0.6 is 0 Å². The van der Waals surface area contributed by atoms with E-state index in [2.05, 4.69) is 4.98 Å². The summed E-state index contributed by atoms with van der Waals surface area (Å²) in [4.78, 5) is 29.5. The number of carboxylic acids is 1. The van der Waals surface area contributed by atoms with E-state index in [0.29, 0.717) is 25.3 Å². The number of carbonyl (C=O) groups is 2. The van der Waals surface area contributed by atoms with Gasteiger partial charge in [-0.25, -0.2) is 9.78 Å². The molecule has 1 amide bonds. The van der Waals surface area contributed by atoms with Gasteiger partial charge in [0.15, 0.2) is 0 Å². The van der Waals surface area contributed by atoms with E-state index in [1.54, 1.807) is 12.0 Å². The van der Waals surface area contributed by atoms with Gasteiger partial charge in [0.2, 0.25) is 0 Å². The summed E-state index contributed by atoms with van der Waals surface area (Å²) in [6.45, 7) is 1.58. The molecular weight excluding hydrogens is 348 g/mol. The first-order valence-electron chi connectivity index (χ1n) is 8.80. The molecule has 1 aliphatic heterocycles. The Bertz CT molecular complexity index is 800. The van der Waals surface area contributed by atoms with Crippen molar-refractivity contribution < 1.29 is 24.2 Å². The zero-order valence-corrected chi connectivity index (χ0v) is 15.1. The molecule has 1 saturated heterocycles. The number of aromatic carboxylic acids is 1. The van der Waals surface area contributed by atoms with Crippen LogP contribution in [-0.2, 0) is 11.3 Å². The maximum Gasteiger partial charge on any atom is 0.354 e. The van der Waals surface area contributed by atoms with Crippen molar-refractivity contribution >= 4 is 11.9 Å². The summed E-state index contributed by atoms with van der Waals surface area (Å²) in [6.07, 6.45) is 3.21. The minimum atomic E-state index is -1.12. The number of aromatic nitrogens is 1. The molecule has 1 aliphatic rings. The summed E-state index contributed by atoms with van der Waals surface area (Å²) in [5.74, 6) is -0.608. The van der Waals surface area contributed by atoms with E-state index in [4.69, 9.17) is 14.6 Å². The fourth-order valence-corrected chi connectivity index (χ4v) is 3.07. The minimum absolute atomic E-state index is 0.00538. The maximum absolute atomic E-state index is 13.0. The van der Waals surface area contributed by atoms with Gasteiger partial charge >= 0.3 is 5.97 Å². The summed E-state index contributed by atoms with van der Waals surface area (Å²) < 4.78 is 10.9. The molecule has 142 valence electrons. The first-order chi connectivity index (χ1) is 13.1. The second-order valence-electron chi connectivity index (χ2n) is 6.41. The third kappa shape index (κ3) is 4.83. The lowest BCUT2D eigenvalue weighted by atomic mass is 10.1. The van der Waals surface area contributed by atoms with Crippen molar-refractivity contribution in [1.29, 1.82) is 0 Å². The van der Waals surface area contributed by atoms with Gasteiger partial charge in [-0.1, -0.05) is 12.1 Å². The van der Waals surface area contributed by atoms with Crippen molar-refractivity contribution in [2.24, 2.45) is 0 Å². The minimum Gasteiger partial charge on any atom is -0.497 e. The Morgan fingerprint density at radius 1 is 1.33 bits per heavy atom. The fourth-order valence-electron chi connectivity index (χ4n) is 3.07. The second kappa shape index (κ2) is 8.64. The Labute approximate surface area is 157 Å². The van der Waals surface area contributed by atoms with Gasteiger partial charge in [-0.05, 0) is 42.7 Å². The Hall–Kier alpha value is -2.93. The number of methoxy groups -OCH3 is 1. The number of nitrogens with zero attached hydrogens (tertiary/aromatic N) is 2. The van der Waals surface area contributed by atoms with Gasteiger partial charge in [-0.15, -0.1) is 0 Å². The number of hydrogen-bond acceptors (Lipinski definition) is 5. The highest BCUT2D eigenvalue weighted by molar-refractivity contribution is 5.95. The van der Waals surface area contributed by atoms with Crippen molar-refractivity contribution in [3.8, 4) is 5.75 Å². The molecule has 0 bridgehead atoms. The lowest BCUT2D eigenvalue weighted by Crippen LogP contribution is -2.37. The molecule has 1 atom stereocenters. The quantitative estimate of drug-likeness (QED) is 0.806. The number of rotatable bonds is 7. The molecule has 0 spiro atoms. The number of carboxylic acid groups (broad SMARTS) is 1. The molecule has 1 fully saturated rings. The topological polar surface area (TPSA) is 89.0 Å². The van der Waals surface area contributed by atoms with Crippen molar-refractivity contribution in [2.45, 2.75) is 25.5 Å². The Morgan fingerprint density at radius 3 is 2.81 bits per heavy atom. The number of carbonyl (C=O) groups excluding carboxylic acids is 1. The fraction of sp³-hybridized carbons (Fsp3) is 0.350. The summed E-state index contributed by atoms with van der Waals surface area (Å²) >= 11 is 0. The van der Waals surface area contributed by atoms with Crippen LogP contribution in [0, 0.1) is 0 Å². The second-order valence-corrected chi connectivity index (χ2v) is 6.41. The highest BCUT2D eigenvalue weighted by Gasteiger charge is 2.24. The molecule has 3 rings (SSSR count). The van der Waals surface area contributed by atoms with Crippen molar-refractivity contribution in [3.63, 3.8) is 0 Å². The van der Waals surface area contributed by atoms with E-state index in [1.807, 2.05) is 24.3 Å². The molecule has 0 aliphatic carbocycles. The molecule has 2 aromatic rings. The van der Waals surface area contributed by atoms with Crippen LogP contribution in [0.25, 0.3) is 0 Å². The number of pyridine rings is 1. The highest BCUT2D eigenvalue weighted by atomic mass is 16.5. The molecule has 0 saturated carbocycles. The van der Waals surface area contributed by atoms with Crippen LogP contribution in [0.1, 0.15) is 39.3 Å². The van der Waals surface area contributed by atoms with Crippen molar-refractivity contribution in [2.75, 3.05) is 20.3 Å². The first kappa shape index (κ1) is 18.8. The highest BCUT2D eigenvalue weighted by Crippen LogP contribution is 2.19. The number of ether oxygens (including phenoxy) is 2. The van der Waals surface area contributed by atoms with E-state index in [9.17, 15) is 9.59 Å². The summed E-state index contributed by atoms with van der Waals surface area (Å²) in [5.41, 5.74) is 1.20. The summed E-state index contributed by atoms with van der Waals surface area (Å²) in [5, 5.41) is 8.97. The van der Waals surface area contributed by atoms with Crippen LogP contribution in [-0.4, -0.2) is 53.2 Å². The third-order valence-electron chi connectivity index (χ3n) is 4.47. The predicted octanol–water partition coefficient (Wildman–Crippen LogP) is 2.61. The molecule has 27 heavy (non-hydrogen) atoms. The molecule has 1 aromatic carbocycles. The Morgan fingerprint density at radius 2 is 2.19 bits per heavy atom. The van der Waals surface area contributed by atoms with Gasteiger partial charge in [0.25, 0.3) is 5.91 Å². The molecule has 1 N–H and O–H groups in total. The van der Waals surface area contributed by atoms with E-state index in [0.717, 1.165) is 24.2 Å². The maximum atomic E-state index is 13.0. The third-order valence-corrected chi connectivity index (χ3v) is 4.47. The molecule has 2 heterocycles. The van der Waals surface area contributed by atoms with Gasteiger partial charge in [-0.2, -0.15) is 0 Å². The van der Waals surface area contributed by atoms with Gasteiger partial charge in [0.05, 0.1) is 18.8 Å². The van der Waals surface area contributed by atoms with E-state index < -0.39 is 5.97 Å². The van der Waals surface area contributed by atoms with Crippen LogP contribution in [0.3, 0.4) is 0 Å². The normalized spacial score (nSPS) is 16.1. The molecular formula is C20H22N2O5. The van der Waals surface area contributed by atoms with Crippen molar-refractivity contribution in [3.05, 3.63) is 59.4 Å². The van der Waals surface area contributed by atoms with Crippen LogP contribution in [0.5, 0.6) is 5.75 Å². The largest absolute Gasteiger partial charge is 0.497 e.